The fourth-order valence-corrected chi connectivity index (χ4v) is 14.9. The number of hydrogen-bond donors (Lipinski definition) is 0. The van der Waals surface area contributed by atoms with Crippen molar-refractivity contribution >= 4 is 38.3 Å². The molecule has 1 unspecified atom stereocenters. The molecule has 0 N–H and O–H groups in total. The van der Waals surface area contributed by atoms with E-state index in [2.05, 4.69) is 83.2 Å². The standard InChI is InChI=1S/C88H144O8/c1-6-11-16-21-26-35-42-49-58-90-82-67-76-77-68-83(91-59-50-43-36-27-22-17-12-7-2)85(93-61-52-45-38-29-24-19-14-9-4)70-79(77)81-72-87(95-63-54-47-40-33-31-32-34-41-48-55-64-96-88(89)75-66-73-56-57-74(75)65-73)86(94-62-53-46-39-30-25-20-15-10-5)71-80(81)78(76)69-84(82)92-60-51-44-37-28-23-18-13-8-3/h56-57,67-75H,6-55,58-66H2,1-5H3/t73-,74+,75?/m1/s1. The van der Waals surface area contributed by atoms with Crippen molar-refractivity contribution in [2.45, 2.75) is 369 Å². The van der Waals surface area contributed by atoms with Gasteiger partial charge in [-0.25, -0.2) is 0 Å². The molecule has 1 fully saturated rings. The maximum atomic E-state index is 12.7. The third kappa shape index (κ3) is 31.9. The summed E-state index contributed by atoms with van der Waals surface area (Å²) in [5.74, 6) is 6.17. The first-order valence-electron chi connectivity index (χ1n) is 41.7. The van der Waals surface area contributed by atoms with Gasteiger partial charge in [0, 0.05) is 0 Å². The van der Waals surface area contributed by atoms with Crippen LogP contribution in [0.25, 0.3) is 32.3 Å². The Morgan fingerprint density at radius 1 is 0.260 bits per heavy atom. The van der Waals surface area contributed by atoms with E-state index in [1.54, 1.807) is 0 Å². The lowest BCUT2D eigenvalue weighted by molar-refractivity contribution is -0.149. The maximum absolute atomic E-state index is 12.7. The molecule has 2 aliphatic carbocycles. The van der Waals surface area contributed by atoms with Crippen molar-refractivity contribution in [2.75, 3.05) is 46.2 Å². The zero-order valence-electron chi connectivity index (χ0n) is 62.8. The van der Waals surface area contributed by atoms with Gasteiger partial charge in [0.05, 0.1) is 52.2 Å². The van der Waals surface area contributed by atoms with E-state index in [4.69, 9.17) is 33.2 Å². The van der Waals surface area contributed by atoms with Gasteiger partial charge in [-0.1, -0.05) is 323 Å². The molecule has 0 spiro atoms. The van der Waals surface area contributed by atoms with Gasteiger partial charge in [0.2, 0.25) is 0 Å². The van der Waals surface area contributed by atoms with E-state index in [1.165, 1.54) is 263 Å². The first-order valence-corrected chi connectivity index (χ1v) is 41.7. The van der Waals surface area contributed by atoms with Crippen molar-refractivity contribution in [2.24, 2.45) is 17.8 Å². The molecule has 0 amide bonds. The molecular weight excluding hydrogens is 1180 g/mol. The average molecular weight is 1330 g/mol. The number of allylic oxidation sites excluding steroid dienone is 2. The molecule has 6 rings (SSSR count). The number of unbranched alkanes of at least 4 members (excludes halogenated alkanes) is 44. The Labute approximate surface area is 588 Å². The molecular formula is C88H144O8. The number of rotatable bonds is 65. The van der Waals surface area contributed by atoms with Crippen LogP contribution < -0.4 is 28.4 Å². The fraction of sp³-hybridized carbons (Fsp3) is 0.761. The van der Waals surface area contributed by atoms with Gasteiger partial charge in [0.25, 0.3) is 0 Å². The van der Waals surface area contributed by atoms with Crippen molar-refractivity contribution in [1.82, 2.24) is 0 Å². The Balaban J connectivity index is 1.26. The highest BCUT2D eigenvalue weighted by atomic mass is 16.5. The van der Waals surface area contributed by atoms with Crippen LogP contribution in [0.4, 0.5) is 0 Å². The van der Waals surface area contributed by atoms with Crippen molar-refractivity contribution in [3.63, 3.8) is 0 Å². The number of carbonyl (C=O) groups excluding carboxylic acids is 1. The second kappa shape index (κ2) is 52.7. The number of benzene rings is 4. The largest absolute Gasteiger partial charge is 0.490 e. The average Bonchev–Trinajstić information content (AvgIpc) is 0.817. The zero-order chi connectivity index (χ0) is 67.6. The van der Waals surface area contributed by atoms with Crippen LogP contribution in [-0.2, 0) is 9.53 Å². The third-order valence-electron chi connectivity index (χ3n) is 21.0. The first kappa shape index (κ1) is 80.6. The first-order chi connectivity index (χ1) is 47.5. The summed E-state index contributed by atoms with van der Waals surface area (Å²) >= 11 is 0. The summed E-state index contributed by atoms with van der Waals surface area (Å²) in [4.78, 5) is 12.7. The van der Waals surface area contributed by atoms with Crippen LogP contribution in [0, 0.1) is 17.8 Å². The van der Waals surface area contributed by atoms with Gasteiger partial charge in [0.1, 0.15) is 0 Å². The monoisotopic (exact) mass is 1330 g/mol. The Kier molecular flexibility index (Phi) is 44.2. The molecule has 96 heavy (non-hydrogen) atoms. The van der Waals surface area contributed by atoms with Gasteiger partial charge in [0.15, 0.2) is 34.5 Å². The summed E-state index contributed by atoms with van der Waals surface area (Å²) in [5, 5.41) is 6.81. The lowest BCUT2D eigenvalue weighted by Gasteiger charge is -2.21. The summed E-state index contributed by atoms with van der Waals surface area (Å²) in [5.41, 5.74) is 0. The highest BCUT2D eigenvalue weighted by Gasteiger charge is 2.40. The van der Waals surface area contributed by atoms with Crippen LogP contribution >= 0.6 is 0 Å². The van der Waals surface area contributed by atoms with Gasteiger partial charge in [-0.15, -0.1) is 0 Å². The van der Waals surface area contributed by atoms with Crippen LogP contribution in [0.5, 0.6) is 34.5 Å². The van der Waals surface area contributed by atoms with E-state index in [-0.39, 0.29) is 11.9 Å². The minimum Gasteiger partial charge on any atom is -0.490 e. The minimum atomic E-state index is 0.0415. The number of esters is 1. The molecule has 0 saturated heterocycles. The quantitative estimate of drug-likeness (QED) is 0.0187. The van der Waals surface area contributed by atoms with Crippen molar-refractivity contribution in [1.29, 1.82) is 0 Å². The minimum absolute atomic E-state index is 0.0415. The lowest BCUT2D eigenvalue weighted by Crippen LogP contribution is -2.21. The molecule has 8 nitrogen and oxygen atoms in total. The molecule has 3 atom stereocenters. The highest BCUT2D eigenvalue weighted by molar-refractivity contribution is 6.27. The summed E-state index contributed by atoms with van der Waals surface area (Å²) < 4.78 is 47.4. The number of ether oxygens (including phenoxy) is 7. The molecule has 4 aromatic carbocycles. The van der Waals surface area contributed by atoms with Crippen LogP contribution in [-0.4, -0.2) is 52.2 Å². The summed E-state index contributed by atoms with van der Waals surface area (Å²) in [6.45, 7) is 16.1. The van der Waals surface area contributed by atoms with Crippen LogP contribution in [0.2, 0.25) is 0 Å². The Hall–Kier alpha value is -4.33. The predicted molar refractivity (Wildman–Crippen MR) is 411 cm³/mol. The molecule has 0 aromatic heterocycles. The van der Waals surface area contributed by atoms with Gasteiger partial charge in [-0.05, 0) is 138 Å². The number of fused-ring (bicyclic) bond motifs is 8. The fourth-order valence-electron chi connectivity index (χ4n) is 14.9. The summed E-state index contributed by atoms with van der Waals surface area (Å²) in [7, 11) is 0. The van der Waals surface area contributed by atoms with E-state index in [0.717, 1.165) is 137 Å². The van der Waals surface area contributed by atoms with E-state index in [1.807, 2.05) is 0 Å². The molecule has 0 radical (unpaired) electrons. The predicted octanol–water partition coefficient (Wildman–Crippen LogP) is 27.8. The number of carbonyl (C=O) groups is 1. The molecule has 8 heteroatoms. The molecule has 2 bridgehead atoms. The van der Waals surface area contributed by atoms with E-state index < -0.39 is 0 Å². The number of hydrogen-bond acceptors (Lipinski definition) is 8. The summed E-state index contributed by atoms with van der Waals surface area (Å²) in [6.07, 6.45) is 68.7. The second-order valence-electron chi connectivity index (χ2n) is 29.6. The zero-order valence-corrected chi connectivity index (χ0v) is 62.8. The van der Waals surface area contributed by atoms with E-state index in [0.29, 0.717) is 58.1 Å². The molecule has 0 aliphatic heterocycles. The van der Waals surface area contributed by atoms with Crippen molar-refractivity contribution < 1.29 is 38.0 Å². The normalized spacial score (nSPS) is 15.0. The lowest BCUT2D eigenvalue weighted by atomic mass is 9.93. The topological polar surface area (TPSA) is 81.7 Å². The smallest absolute Gasteiger partial charge is 0.309 e. The van der Waals surface area contributed by atoms with Gasteiger partial charge >= 0.3 is 5.97 Å². The van der Waals surface area contributed by atoms with E-state index in [9.17, 15) is 4.79 Å². The third-order valence-corrected chi connectivity index (χ3v) is 21.0. The Bertz CT molecular complexity index is 2580. The Morgan fingerprint density at radius 2 is 0.458 bits per heavy atom. The van der Waals surface area contributed by atoms with Crippen LogP contribution in [0.15, 0.2) is 48.6 Å². The van der Waals surface area contributed by atoms with Crippen molar-refractivity contribution in [3.05, 3.63) is 48.6 Å². The van der Waals surface area contributed by atoms with Gasteiger partial charge in [-0.2, -0.15) is 0 Å². The van der Waals surface area contributed by atoms with Crippen molar-refractivity contribution in [3.8, 4) is 34.5 Å². The van der Waals surface area contributed by atoms with Gasteiger partial charge < -0.3 is 33.2 Å². The molecule has 1 saturated carbocycles. The Morgan fingerprint density at radius 3 is 0.646 bits per heavy atom. The molecule has 4 aromatic rings. The van der Waals surface area contributed by atoms with Crippen LogP contribution in [0.1, 0.15) is 369 Å². The summed E-state index contributed by atoms with van der Waals surface area (Å²) in [6, 6.07) is 13.8. The highest BCUT2D eigenvalue weighted by Crippen LogP contribution is 2.48. The molecule has 2 aliphatic rings. The molecule has 0 heterocycles. The molecule has 544 valence electrons. The van der Waals surface area contributed by atoms with Gasteiger partial charge in [-0.3, -0.25) is 4.79 Å². The maximum Gasteiger partial charge on any atom is 0.309 e. The van der Waals surface area contributed by atoms with Crippen LogP contribution in [0.3, 0.4) is 0 Å². The SMILES string of the molecule is CCCCCCCCCCOc1cc2c3cc(OCCCCCCCCCC)c(OCCCCCCCCCC)cc3c3cc(OCCCCCCCCCCCCOC(=O)C4C[C@@H]5C=C[C@H]4C5)c(OCCCCCCCCCC)cc3c2cc1OCCCCCCCCCC. The second-order valence-corrected chi connectivity index (χ2v) is 29.6. The van der Waals surface area contributed by atoms with E-state index >= 15 is 0 Å².